The summed E-state index contributed by atoms with van der Waals surface area (Å²) in [5.41, 5.74) is 6.19. The van der Waals surface area contributed by atoms with Crippen LogP contribution in [0.5, 0.6) is 0 Å². The van der Waals surface area contributed by atoms with E-state index >= 15 is 0 Å². The highest BCUT2D eigenvalue weighted by Crippen LogP contribution is 2.21. The highest BCUT2D eigenvalue weighted by molar-refractivity contribution is 9.08. The topological polar surface area (TPSA) is 52.3 Å². The fraction of sp³-hybridized carbons (Fsp3) is 0.222. The smallest absolute Gasteiger partial charge is 0.337 e. The molecule has 0 saturated heterocycles. The average molecular weight is 262 g/mol. The van der Waals surface area contributed by atoms with Crippen LogP contribution in [0.1, 0.15) is 15.9 Å². The van der Waals surface area contributed by atoms with Crippen LogP contribution < -0.4 is 5.73 Å². The lowest BCUT2D eigenvalue weighted by Gasteiger charge is -2.06. The molecule has 0 fully saturated rings. The molecule has 1 aromatic rings. The van der Waals surface area contributed by atoms with Gasteiger partial charge < -0.3 is 10.5 Å². The first-order valence-electron chi connectivity index (χ1n) is 3.82. The second-order valence-electron chi connectivity index (χ2n) is 2.66. The molecule has 5 heteroatoms. The zero-order chi connectivity index (χ0) is 10.7. The molecule has 14 heavy (non-hydrogen) atoms. The minimum Gasteiger partial charge on any atom is -0.465 e. The summed E-state index contributed by atoms with van der Waals surface area (Å²) in [7, 11) is 1.24. The van der Waals surface area contributed by atoms with E-state index in [2.05, 4.69) is 20.7 Å². The van der Waals surface area contributed by atoms with Crippen LogP contribution in [0.2, 0.25) is 0 Å². The molecule has 2 N–H and O–H groups in total. The summed E-state index contributed by atoms with van der Waals surface area (Å²) in [5, 5.41) is 0.389. The number of hydrogen-bond donors (Lipinski definition) is 1. The number of benzene rings is 1. The van der Waals surface area contributed by atoms with Crippen molar-refractivity contribution in [2.24, 2.45) is 0 Å². The molecule has 0 aromatic heterocycles. The Kier molecular flexibility index (Phi) is 3.46. The van der Waals surface area contributed by atoms with E-state index in [1.165, 1.54) is 13.2 Å². The number of carbonyl (C=O) groups is 1. The Bertz CT molecular complexity index is 368. The molecular formula is C9H9BrFNO2. The molecule has 0 aliphatic heterocycles. The van der Waals surface area contributed by atoms with Crippen molar-refractivity contribution in [3.63, 3.8) is 0 Å². The third-order valence-electron chi connectivity index (χ3n) is 1.78. The van der Waals surface area contributed by atoms with E-state index in [-0.39, 0.29) is 11.3 Å². The Hall–Kier alpha value is -1.10. The van der Waals surface area contributed by atoms with Crippen LogP contribution in [-0.4, -0.2) is 13.1 Å². The van der Waals surface area contributed by atoms with E-state index < -0.39 is 11.8 Å². The summed E-state index contributed by atoms with van der Waals surface area (Å²) in [6.07, 6.45) is 0. The van der Waals surface area contributed by atoms with Crippen LogP contribution in [-0.2, 0) is 10.1 Å². The summed E-state index contributed by atoms with van der Waals surface area (Å²) >= 11 is 3.15. The molecule has 0 saturated carbocycles. The quantitative estimate of drug-likeness (QED) is 0.504. The molecule has 0 bridgehead atoms. The predicted octanol–water partition coefficient (Wildman–Crippen LogP) is 2.09. The maximum Gasteiger partial charge on any atom is 0.337 e. The Labute approximate surface area is 89.2 Å². The second kappa shape index (κ2) is 4.41. The molecule has 0 spiro atoms. The number of anilines is 1. The van der Waals surface area contributed by atoms with Crippen LogP contribution >= 0.6 is 15.9 Å². The lowest BCUT2D eigenvalue weighted by atomic mass is 10.1. The molecule has 0 aliphatic rings. The van der Waals surface area contributed by atoms with E-state index in [4.69, 9.17) is 5.73 Å². The number of halogens is 2. The minimum absolute atomic E-state index is 0.0505. The summed E-state index contributed by atoms with van der Waals surface area (Å²) in [6.45, 7) is 0. The van der Waals surface area contributed by atoms with Crippen molar-refractivity contribution in [3.05, 3.63) is 29.1 Å². The number of methoxy groups -OCH3 is 1. The number of nitrogen functional groups attached to an aromatic ring is 1. The number of alkyl halides is 1. The summed E-state index contributed by atoms with van der Waals surface area (Å²) in [6, 6.07) is 2.56. The van der Waals surface area contributed by atoms with Gasteiger partial charge in [-0.2, -0.15) is 0 Å². The average Bonchev–Trinajstić information content (AvgIpc) is 2.20. The molecule has 0 unspecified atom stereocenters. The van der Waals surface area contributed by atoms with Gasteiger partial charge in [0.15, 0.2) is 0 Å². The molecule has 76 valence electrons. The maximum absolute atomic E-state index is 13.2. The van der Waals surface area contributed by atoms with Crippen molar-refractivity contribution in [1.29, 1.82) is 0 Å². The SMILES string of the molecule is COC(=O)c1cc(F)c(N)c(CBr)c1. The number of esters is 1. The number of ether oxygens (including phenoxy) is 1. The van der Waals surface area contributed by atoms with E-state index in [1.54, 1.807) is 0 Å². The standard InChI is InChI=1S/C9H9BrFNO2/c1-14-9(13)5-2-6(4-10)8(12)7(11)3-5/h2-3H,4,12H2,1H3. The van der Waals surface area contributed by atoms with Gasteiger partial charge in [-0.3, -0.25) is 0 Å². The number of carbonyl (C=O) groups excluding carboxylic acids is 1. The molecule has 1 rings (SSSR count). The van der Waals surface area contributed by atoms with E-state index in [1.807, 2.05) is 0 Å². The van der Waals surface area contributed by atoms with Crippen molar-refractivity contribution in [2.45, 2.75) is 5.33 Å². The first-order chi connectivity index (χ1) is 6.60. The number of hydrogen-bond acceptors (Lipinski definition) is 3. The summed E-state index contributed by atoms with van der Waals surface area (Å²) < 4.78 is 17.6. The molecule has 0 atom stereocenters. The highest BCUT2D eigenvalue weighted by Gasteiger charge is 2.12. The first kappa shape index (κ1) is 11.0. The molecule has 0 heterocycles. The van der Waals surface area contributed by atoms with Gasteiger partial charge in [0.25, 0.3) is 0 Å². The van der Waals surface area contributed by atoms with Crippen LogP contribution in [0.25, 0.3) is 0 Å². The Morgan fingerprint density at radius 3 is 2.79 bits per heavy atom. The van der Waals surface area contributed by atoms with Crippen molar-refractivity contribution >= 4 is 27.6 Å². The predicted molar refractivity (Wildman–Crippen MR) is 54.8 cm³/mol. The van der Waals surface area contributed by atoms with Gasteiger partial charge in [-0.15, -0.1) is 0 Å². The van der Waals surface area contributed by atoms with Gasteiger partial charge in [0.2, 0.25) is 0 Å². The molecule has 1 aromatic carbocycles. The van der Waals surface area contributed by atoms with Gasteiger partial charge >= 0.3 is 5.97 Å². The highest BCUT2D eigenvalue weighted by atomic mass is 79.9. The van der Waals surface area contributed by atoms with Crippen molar-refractivity contribution in [2.75, 3.05) is 12.8 Å². The maximum atomic E-state index is 13.2. The third-order valence-corrected chi connectivity index (χ3v) is 2.38. The van der Waals surface area contributed by atoms with Crippen molar-refractivity contribution < 1.29 is 13.9 Å². The number of nitrogens with two attached hydrogens (primary N) is 1. The zero-order valence-electron chi connectivity index (χ0n) is 7.51. The summed E-state index contributed by atoms with van der Waals surface area (Å²) in [5.74, 6) is -1.19. The minimum atomic E-state index is -0.609. The third kappa shape index (κ3) is 2.04. The molecule has 3 nitrogen and oxygen atoms in total. The second-order valence-corrected chi connectivity index (χ2v) is 3.22. The largest absolute Gasteiger partial charge is 0.465 e. The van der Waals surface area contributed by atoms with Crippen LogP contribution in [0.3, 0.4) is 0 Å². The van der Waals surface area contributed by atoms with Gasteiger partial charge in [0.1, 0.15) is 5.82 Å². The van der Waals surface area contributed by atoms with Gasteiger partial charge in [-0.05, 0) is 17.7 Å². The number of rotatable bonds is 2. The van der Waals surface area contributed by atoms with Crippen LogP contribution in [0, 0.1) is 5.82 Å². The lowest BCUT2D eigenvalue weighted by Crippen LogP contribution is -2.05. The van der Waals surface area contributed by atoms with Gasteiger partial charge in [-0.25, -0.2) is 9.18 Å². The zero-order valence-corrected chi connectivity index (χ0v) is 9.10. The summed E-state index contributed by atoms with van der Waals surface area (Å²) in [4.78, 5) is 11.1. The van der Waals surface area contributed by atoms with E-state index in [0.29, 0.717) is 10.9 Å². The molecule has 0 radical (unpaired) electrons. The fourth-order valence-corrected chi connectivity index (χ4v) is 1.48. The fourth-order valence-electron chi connectivity index (χ4n) is 1.02. The van der Waals surface area contributed by atoms with Gasteiger partial charge in [-0.1, -0.05) is 15.9 Å². The van der Waals surface area contributed by atoms with Crippen molar-refractivity contribution in [3.8, 4) is 0 Å². The Balaban J connectivity index is 3.22. The van der Waals surface area contributed by atoms with E-state index in [9.17, 15) is 9.18 Å². The van der Waals surface area contributed by atoms with Crippen molar-refractivity contribution in [1.82, 2.24) is 0 Å². The first-order valence-corrected chi connectivity index (χ1v) is 4.94. The Morgan fingerprint density at radius 1 is 1.64 bits per heavy atom. The van der Waals surface area contributed by atoms with Gasteiger partial charge in [0.05, 0.1) is 18.4 Å². The monoisotopic (exact) mass is 261 g/mol. The molecule has 0 aliphatic carbocycles. The van der Waals surface area contributed by atoms with E-state index in [0.717, 1.165) is 6.07 Å². The lowest BCUT2D eigenvalue weighted by molar-refractivity contribution is 0.0600. The van der Waals surface area contributed by atoms with Crippen LogP contribution in [0.15, 0.2) is 12.1 Å². The van der Waals surface area contributed by atoms with Crippen LogP contribution in [0.4, 0.5) is 10.1 Å². The van der Waals surface area contributed by atoms with Gasteiger partial charge in [0, 0.05) is 5.33 Å². The molecular weight excluding hydrogens is 253 g/mol. The molecule has 0 amide bonds. The Morgan fingerprint density at radius 2 is 2.29 bits per heavy atom. The normalized spacial score (nSPS) is 9.93.